The number of fused-ring (bicyclic) bond motifs is 1. The molecule has 2 heterocycles. The number of thioether (sulfide) groups is 1. The van der Waals surface area contributed by atoms with Gasteiger partial charge in [0.1, 0.15) is 5.03 Å². The largest absolute Gasteiger partial charge is 0.310 e. The average molecular weight is 326 g/mol. The summed E-state index contributed by atoms with van der Waals surface area (Å²) < 4.78 is 2.04. The monoisotopic (exact) mass is 326 g/mol. The van der Waals surface area contributed by atoms with E-state index in [4.69, 9.17) is 0 Å². The van der Waals surface area contributed by atoms with Crippen LogP contribution in [-0.2, 0) is 6.54 Å². The Kier molecular flexibility index (Phi) is 4.62. The number of rotatable bonds is 5. The molecule has 5 nitrogen and oxygen atoms in total. The van der Waals surface area contributed by atoms with Crippen molar-refractivity contribution in [2.75, 3.05) is 11.6 Å². The number of benzene rings is 1. The lowest BCUT2D eigenvalue weighted by atomic mass is 10.3. The molecule has 1 N–H and O–H groups in total. The van der Waals surface area contributed by atoms with Gasteiger partial charge in [0.05, 0.1) is 16.6 Å². The molecule has 1 amide bonds. The Labute approximate surface area is 139 Å². The predicted molar refractivity (Wildman–Crippen MR) is 94.0 cm³/mol. The number of anilines is 1. The molecule has 0 saturated heterocycles. The van der Waals surface area contributed by atoms with Gasteiger partial charge in [0.25, 0.3) is 5.91 Å². The first kappa shape index (κ1) is 15.6. The number of hydrogen-bond donors (Lipinski definition) is 1. The van der Waals surface area contributed by atoms with Crippen molar-refractivity contribution < 1.29 is 4.79 Å². The number of carbonyl (C=O) groups is 1. The molecule has 0 radical (unpaired) electrons. The number of aromatic nitrogens is 3. The molecule has 0 spiro atoms. The van der Waals surface area contributed by atoms with E-state index in [1.54, 1.807) is 18.3 Å². The molecule has 0 atom stereocenters. The quantitative estimate of drug-likeness (QED) is 0.724. The fourth-order valence-corrected chi connectivity index (χ4v) is 3.06. The molecule has 0 aliphatic heterocycles. The van der Waals surface area contributed by atoms with Gasteiger partial charge < -0.3 is 4.57 Å². The standard InChI is InChI=1S/C17H18N4OS/c1-3-11-21-14-9-5-4-8-13(14)19-17(21)20-15(22)12-7-6-10-18-16(12)23-2/h4-10H,3,11H2,1-2H3,(H,19,20,22). The number of carbonyl (C=O) groups excluding carboxylic acids is 1. The van der Waals surface area contributed by atoms with Crippen molar-refractivity contribution in [2.24, 2.45) is 0 Å². The molecule has 0 saturated carbocycles. The molecule has 3 rings (SSSR count). The van der Waals surface area contributed by atoms with E-state index < -0.39 is 0 Å². The Morgan fingerprint density at radius 2 is 2.09 bits per heavy atom. The normalized spacial score (nSPS) is 10.9. The summed E-state index contributed by atoms with van der Waals surface area (Å²) in [6.07, 6.45) is 4.56. The number of nitrogens with zero attached hydrogens (tertiary/aromatic N) is 3. The summed E-state index contributed by atoms with van der Waals surface area (Å²) >= 11 is 1.45. The maximum atomic E-state index is 12.6. The number of amides is 1. The summed E-state index contributed by atoms with van der Waals surface area (Å²) in [7, 11) is 0. The number of imidazole rings is 1. The first-order valence-corrected chi connectivity index (χ1v) is 8.72. The van der Waals surface area contributed by atoms with Gasteiger partial charge in [-0.25, -0.2) is 9.97 Å². The summed E-state index contributed by atoms with van der Waals surface area (Å²) in [4.78, 5) is 21.4. The summed E-state index contributed by atoms with van der Waals surface area (Å²) in [5.74, 6) is 0.393. The van der Waals surface area contributed by atoms with E-state index in [1.165, 1.54) is 11.8 Å². The highest BCUT2D eigenvalue weighted by atomic mass is 32.2. The molecule has 0 aliphatic carbocycles. The minimum Gasteiger partial charge on any atom is -0.310 e. The molecule has 0 fully saturated rings. The second kappa shape index (κ2) is 6.83. The first-order valence-electron chi connectivity index (χ1n) is 7.50. The van der Waals surface area contributed by atoms with Gasteiger partial charge in [-0.3, -0.25) is 10.1 Å². The molecule has 6 heteroatoms. The van der Waals surface area contributed by atoms with Crippen molar-refractivity contribution in [2.45, 2.75) is 24.9 Å². The molecular weight excluding hydrogens is 308 g/mol. The van der Waals surface area contributed by atoms with Gasteiger partial charge in [-0.2, -0.15) is 0 Å². The molecule has 1 aromatic carbocycles. The Hall–Kier alpha value is -2.34. The molecular formula is C17H18N4OS. The van der Waals surface area contributed by atoms with E-state index in [1.807, 2.05) is 35.1 Å². The third-order valence-electron chi connectivity index (χ3n) is 3.54. The molecule has 0 aliphatic rings. The van der Waals surface area contributed by atoms with E-state index in [2.05, 4.69) is 22.2 Å². The highest BCUT2D eigenvalue weighted by molar-refractivity contribution is 7.98. The van der Waals surface area contributed by atoms with Gasteiger partial charge in [0, 0.05) is 12.7 Å². The summed E-state index contributed by atoms with van der Waals surface area (Å²) in [6, 6.07) is 11.4. The summed E-state index contributed by atoms with van der Waals surface area (Å²) in [5, 5.41) is 3.65. The molecule has 0 bridgehead atoms. The van der Waals surface area contributed by atoms with Gasteiger partial charge in [-0.05, 0) is 36.9 Å². The van der Waals surface area contributed by atoms with Crippen LogP contribution in [0.2, 0.25) is 0 Å². The van der Waals surface area contributed by atoms with E-state index in [0.717, 1.165) is 24.0 Å². The van der Waals surface area contributed by atoms with Crippen LogP contribution in [-0.4, -0.2) is 26.7 Å². The molecule has 2 aromatic heterocycles. The minimum atomic E-state index is -0.185. The van der Waals surface area contributed by atoms with Crippen molar-refractivity contribution in [1.82, 2.24) is 14.5 Å². The third kappa shape index (κ3) is 3.07. The van der Waals surface area contributed by atoms with Gasteiger partial charge >= 0.3 is 0 Å². The van der Waals surface area contributed by atoms with Crippen molar-refractivity contribution in [3.63, 3.8) is 0 Å². The van der Waals surface area contributed by atoms with Crippen molar-refractivity contribution in [1.29, 1.82) is 0 Å². The van der Waals surface area contributed by atoms with Crippen LogP contribution < -0.4 is 5.32 Å². The topological polar surface area (TPSA) is 59.8 Å². The van der Waals surface area contributed by atoms with Crippen LogP contribution in [0.4, 0.5) is 5.95 Å². The van der Waals surface area contributed by atoms with Crippen LogP contribution in [0, 0.1) is 0 Å². The van der Waals surface area contributed by atoms with Crippen molar-refractivity contribution in [3.8, 4) is 0 Å². The Morgan fingerprint density at radius 3 is 2.87 bits per heavy atom. The number of pyridine rings is 1. The molecule has 0 unspecified atom stereocenters. The van der Waals surface area contributed by atoms with Crippen LogP contribution in [0.25, 0.3) is 11.0 Å². The highest BCUT2D eigenvalue weighted by Crippen LogP contribution is 2.22. The Bertz CT molecular complexity index is 843. The lowest BCUT2D eigenvalue weighted by molar-refractivity contribution is 0.102. The summed E-state index contributed by atoms with van der Waals surface area (Å²) in [5.41, 5.74) is 2.48. The van der Waals surface area contributed by atoms with Crippen molar-refractivity contribution >= 4 is 34.7 Å². The van der Waals surface area contributed by atoms with E-state index in [9.17, 15) is 4.79 Å². The second-order valence-electron chi connectivity index (χ2n) is 5.09. The van der Waals surface area contributed by atoms with Crippen LogP contribution in [0.15, 0.2) is 47.6 Å². The smallest absolute Gasteiger partial charge is 0.260 e. The summed E-state index contributed by atoms with van der Waals surface area (Å²) in [6.45, 7) is 2.91. The van der Waals surface area contributed by atoms with Gasteiger partial charge in [-0.15, -0.1) is 11.8 Å². The van der Waals surface area contributed by atoms with Gasteiger partial charge in [0.2, 0.25) is 5.95 Å². The highest BCUT2D eigenvalue weighted by Gasteiger charge is 2.16. The van der Waals surface area contributed by atoms with Gasteiger partial charge in [-0.1, -0.05) is 19.1 Å². The van der Waals surface area contributed by atoms with E-state index in [-0.39, 0.29) is 5.91 Å². The molecule has 23 heavy (non-hydrogen) atoms. The Balaban J connectivity index is 1.97. The lowest BCUT2D eigenvalue weighted by Gasteiger charge is -2.10. The number of nitrogens with one attached hydrogen (secondary N) is 1. The zero-order valence-electron chi connectivity index (χ0n) is 13.1. The third-order valence-corrected chi connectivity index (χ3v) is 4.25. The van der Waals surface area contributed by atoms with Crippen LogP contribution in [0.3, 0.4) is 0 Å². The Morgan fingerprint density at radius 1 is 1.26 bits per heavy atom. The zero-order valence-corrected chi connectivity index (χ0v) is 13.9. The predicted octanol–water partition coefficient (Wildman–Crippen LogP) is 3.82. The van der Waals surface area contributed by atoms with Crippen molar-refractivity contribution in [3.05, 3.63) is 48.2 Å². The SMILES string of the molecule is CCCn1c(NC(=O)c2cccnc2SC)nc2ccccc21. The second-order valence-corrected chi connectivity index (χ2v) is 5.89. The maximum Gasteiger partial charge on any atom is 0.260 e. The number of para-hydroxylation sites is 2. The number of hydrogen-bond acceptors (Lipinski definition) is 4. The van der Waals surface area contributed by atoms with Gasteiger partial charge in [0.15, 0.2) is 0 Å². The van der Waals surface area contributed by atoms with Crippen LogP contribution in [0.5, 0.6) is 0 Å². The van der Waals surface area contributed by atoms with E-state index in [0.29, 0.717) is 16.5 Å². The van der Waals surface area contributed by atoms with Crippen LogP contribution >= 0.6 is 11.8 Å². The van der Waals surface area contributed by atoms with E-state index >= 15 is 0 Å². The number of aryl methyl sites for hydroxylation is 1. The molecule has 118 valence electrons. The fraction of sp³-hybridized carbons (Fsp3) is 0.235. The molecule has 3 aromatic rings. The first-order chi connectivity index (χ1) is 11.2. The minimum absolute atomic E-state index is 0.185. The van der Waals surface area contributed by atoms with Crippen LogP contribution in [0.1, 0.15) is 23.7 Å². The maximum absolute atomic E-state index is 12.6. The fourth-order valence-electron chi connectivity index (χ4n) is 2.52. The zero-order chi connectivity index (χ0) is 16.2. The lowest BCUT2D eigenvalue weighted by Crippen LogP contribution is -2.17. The average Bonchev–Trinajstić information content (AvgIpc) is 2.92.